The molecule has 1 aromatic heterocycles. The average molecular weight is 399 g/mol. The fourth-order valence-electron chi connectivity index (χ4n) is 4.05. The summed E-state index contributed by atoms with van der Waals surface area (Å²) >= 11 is 1.72. The Labute approximate surface area is 169 Å². The van der Waals surface area contributed by atoms with E-state index in [1.807, 2.05) is 37.3 Å². The van der Waals surface area contributed by atoms with Crippen molar-refractivity contribution in [2.75, 3.05) is 32.8 Å². The molecule has 6 nitrogen and oxygen atoms in total. The van der Waals surface area contributed by atoms with Gasteiger partial charge in [0, 0.05) is 32.7 Å². The number of urea groups is 1. The van der Waals surface area contributed by atoms with Gasteiger partial charge in [-0.15, -0.1) is 0 Å². The number of piperazine rings is 1. The molecule has 1 aromatic carbocycles. The summed E-state index contributed by atoms with van der Waals surface area (Å²) in [6.45, 7) is 6.85. The van der Waals surface area contributed by atoms with Gasteiger partial charge in [-0.05, 0) is 34.4 Å². The number of imide groups is 1. The average Bonchev–Trinajstić information content (AvgIpc) is 3.32. The third kappa shape index (κ3) is 3.57. The van der Waals surface area contributed by atoms with Crippen LogP contribution < -0.4 is 5.32 Å². The van der Waals surface area contributed by atoms with E-state index >= 15 is 0 Å². The van der Waals surface area contributed by atoms with Crippen LogP contribution in [0.15, 0.2) is 47.2 Å². The molecular formula is C21H26N4O2S. The molecule has 0 bridgehead atoms. The van der Waals surface area contributed by atoms with Crippen LogP contribution in [-0.2, 0) is 16.9 Å². The Morgan fingerprint density at radius 1 is 1.04 bits per heavy atom. The van der Waals surface area contributed by atoms with Crippen LogP contribution in [0.5, 0.6) is 0 Å². The summed E-state index contributed by atoms with van der Waals surface area (Å²) in [5.41, 5.74) is 1.25. The van der Waals surface area contributed by atoms with Crippen molar-refractivity contribution >= 4 is 23.3 Å². The van der Waals surface area contributed by atoms with Crippen LogP contribution in [0, 0.1) is 0 Å². The normalized spacial score (nSPS) is 24.0. The minimum absolute atomic E-state index is 0.146. The predicted octanol–water partition coefficient (Wildman–Crippen LogP) is 2.68. The van der Waals surface area contributed by atoms with Crippen LogP contribution in [0.3, 0.4) is 0 Å². The monoisotopic (exact) mass is 398 g/mol. The van der Waals surface area contributed by atoms with Gasteiger partial charge >= 0.3 is 6.03 Å². The van der Waals surface area contributed by atoms with Crippen molar-refractivity contribution in [1.82, 2.24) is 20.0 Å². The molecule has 2 aliphatic rings. The highest BCUT2D eigenvalue weighted by Gasteiger charge is 2.51. The van der Waals surface area contributed by atoms with Gasteiger partial charge in [0.25, 0.3) is 5.91 Å². The molecule has 28 heavy (non-hydrogen) atoms. The lowest BCUT2D eigenvalue weighted by Crippen LogP contribution is -2.51. The maximum atomic E-state index is 13.2. The first-order valence-corrected chi connectivity index (χ1v) is 10.7. The number of hydrogen-bond donors (Lipinski definition) is 1. The van der Waals surface area contributed by atoms with Crippen molar-refractivity contribution in [3.63, 3.8) is 0 Å². The lowest BCUT2D eigenvalue weighted by Gasteiger charge is -2.36. The number of nitrogens with zero attached hydrogens (tertiary/aromatic N) is 3. The molecule has 148 valence electrons. The summed E-state index contributed by atoms with van der Waals surface area (Å²) in [7, 11) is 0. The summed E-state index contributed by atoms with van der Waals surface area (Å²) in [4.78, 5) is 31.9. The predicted molar refractivity (Wildman–Crippen MR) is 110 cm³/mol. The first-order chi connectivity index (χ1) is 13.6. The molecule has 2 fully saturated rings. The summed E-state index contributed by atoms with van der Waals surface area (Å²) in [5.74, 6) is -0.146. The van der Waals surface area contributed by atoms with Crippen molar-refractivity contribution in [3.05, 3.63) is 58.3 Å². The molecule has 0 aliphatic carbocycles. The zero-order chi connectivity index (χ0) is 19.6. The van der Waals surface area contributed by atoms with Gasteiger partial charge < -0.3 is 5.32 Å². The summed E-state index contributed by atoms with van der Waals surface area (Å²) in [5, 5.41) is 7.26. The van der Waals surface area contributed by atoms with Gasteiger partial charge in [0.1, 0.15) is 5.54 Å². The molecule has 0 unspecified atom stereocenters. The van der Waals surface area contributed by atoms with Crippen LogP contribution in [0.2, 0.25) is 0 Å². The van der Waals surface area contributed by atoms with E-state index in [0.717, 1.165) is 38.3 Å². The molecule has 1 N–H and O–H groups in total. The molecule has 0 spiro atoms. The van der Waals surface area contributed by atoms with Crippen molar-refractivity contribution < 1.29 is 9.59 Å². The van der Waals surface area contributed by atoms with E-state index < -0.39 is 5.54 Å². The molecule has 2 aliphatic heterocycles. The zero-order valence-corrected chi connectivity index (χ0v) is 17.0. The largest absolute Gasteiger partial charge is 0.326 e. The Bertz CT molecular complexity index is 818. The lowest BCUT2D eigenvalue weighted by atomic mass is 9.87. The van der Waals surface area contributed by atoms with E-state index in [1.165, 1.54) is 10.5 Å². The molecule has 0 saturated carbocycles. The van der Waals surface area contributed by atoms with Gasteiger partial charge in [0.15, 0.2) is 0 Å². The Morgan fingerprint density at radius 2 is 1.75 bits per heavy atom. The number of rotatable bonds is 6. The minimum Gasteiger partial charge on any atom is -0.319 e. The van der Waals surface area contributed by atoms with E-state index in [1.54, 1.807) is 11.3 Å². The molecule has 2 aromatic rings. The number of thiophene rings is 1. The van der Waals surface area contributed by atoms with E-state index in [4.69, 9.17) is 0 Å². The fraction of sp³-hybridized carbons (Fsp3) is 0.429. The van der Waals surface area contributed by atoms with Gasteiger partial charge in [0.2, 0.25) is 0 Å². The second-order valence-electron chi connectivity index (χ2n) is 7.46. The van der Waals surface area contributed by atoms with E-state index in [9.17, 15) is 9.59 Å². The van der Waals surface area contributed by atoms with Crippen molar-refractivity contribution in [2.45, 2.75) is 25.4 Å². The molecule has 3 amide bonds. The van der Waals surface area contributed by atoms with Crippen LogP contribution in [-0.4, -0.2) is 59.5 Å². The van der Waals surface area contributed by atoms with Gasteiger partial charge in [-0.25, -0.2) is 9.69 Å². The fourth-order valence-corrected chi connectivity index (χ4v) is 4.71. The molecular weight excluding hydrogens is 372 g/mol. The third-order valence-corrected chi connectivity index (χ3v) is 6.50. The number of amides is 3. The van der Waals surface area contributed by atoms with Gasteiger partial charge in [-0.3, -0.25) is 14.6 Å². The number of carbonyl (C=O) groups excluding carboxylic acids is 2. The van der Waals surface area contributed by atoms with Crippen LogP contribution in [0.25, 0.3) is 0 Å². The standard InChI is InChI=1S/C21H26N4O2S/c1-2-21(18-6-4-3-5-7-18)19(26)25(20(27)22-21)16-24-11-9-23(10-12-24)14-17-8-13-28-15-17/h3-8,13,15H,2,9-12,14,16H2,1H3,(H,22,27)/t21-/m0/s1. The molecule has 3 heterocycles. The molecule has 7 heteroatoms. The minimum atomic E-state index is -0.945. The SMILES string of the molecule is CC[C@@]1(c2ccccc2)NC(=O)N(CN2CCN(Cc3ccsc3)CC2)C1=O. The van der Waals surface area contributed by atoms with Crippen molar-refractivity contribution in [1.29, 1.82) is 0 Å². The highest BCUT2D eigenvalue weighted by Crippen LogP contribution is 2.32. The second kappa shape index (κ2) is 8.03. The summed E-state index contributed by atoms with van der Waals surface area (Å²) in [6.07, 6.45) is 0.534. The molecule has 4 rings (SSSR count). The van der Waals surface area contributed by atoms with Gasteiger partial charge in [-0.2, -0.15) is 11.3 Å². The zero-order valence-electron chi connectivity index (χ0n) is 16.1. The third-order valence-electron chi connectivity index (χ3n) is 5.77. The van der Waals surface area contributed by atoms with Crippen LogP contribution in [0.1, 0.15) is 24.5 Å². The smallest absolute Gasteiger partial charge is 0.319 e. The van der Waals surface area contributed by atoms with Gasteiger partial charge in [0.05, 0.1) is 6.67 Å². The number of hydrogen-bond acceptors (Lipinski definition) is 5. The first kappa shape index (κ1) is 19.1. The summed E-state index contributed by atoms with van der Waals surface area (Å²) < 4.78 is 0. The van der Waals surface area contributed by atoms with E-state index in [-0.39, 0.29) is 11.9 Å². The lowest BCUT2D eigenvalue weighted by molar-refractivity contribution is -0.133. The highest BCUT2D eigenvalue weighted by molar-refractivity contribution is 7.07. The second-order valence-corrected chi connectivity index (χ2v) is 8.24. The Hall–Kier alpha value is -2.22. The Kier molecular flexibility index (Phi) is 5.48. The highest BCUT2D eigenvalue weighted by atomic mass is 32.1. The first-order valence-electron chi connectivity index (χ1n) is 9.78. The Morgan fingerprint density at radius 3 is 2.39 bits per heavy atom. The molecule has 0 radical (unpaired) electrons. The van der Waals surface area contributed by atoms with E-state index in [2.05, 4.69) is 31.9 Å². The number of carbonyl (C=O) groups is 2. The quantitative estimate of drug-likeness (QED) is 0.760. The van der Waals surface area contributed by atoms with E-state index in [0.29, 0.717) is 13.1 Å². The maximum absolute atomic E-state index is 13.2. The number of benzene rings is 1. The van der Waals surface area contributed by atoms with Crippen molar-refractivity contribution in [2.24, 2.45) is 0 Å². The molecule has 2 saturated heterocycles. The molecule has 1 atom stereocenters. The number of nitrogens with one attached hydrogen (secondary N) is 1. The Balaban J connectivity index is 1.39. The van der Waals surface area contributed by atoms with Crippen LogP contribution >= 0.6 is 11.3 Å². The van der Waals surface area contributed by atoms with Crippen molar-refractivity contribution in [3.8, 4) is 0 Å². The van der Waals surface area contributed by atoms with Crippen LogP contribution in [0.4, 0.5) is 4.79 Å². The topological polar surface area (TPSA) is 55.9 Å². The van der Waals surface area contributed by atoms with Gasteiger partial charge in [-0.1, -0.05) is 37.3 Å². The summed E-state index contributed by atoms with van der Waals surface area (Å²) in [6, 6.07) is 11.4. The maximum Gasteiger partial charge on any atom is 0.326 e.